The van der Waals surface area contributed by atoms with Crippen molar-refractivity contribution in [2.45, 2.75) is 56.4 Å². The number of benzene rings is 2. The number of fused-ring (bicyclic) bond motifs is 3. The van der Waals surface area contributed by atoms with Crippen LogP contribution in [0.2, 0.25) is 0 Å². The van der Waals surface area contributed by atoms with Crippen LogP contribution in [0.3, 0.4) is 0 Å². The summed E-state index contributed by atoms with van der Waals surface area (Å²) >= 11 is 0. The quantitative estimate of drug-likeness (QED) is 0.446. The molecule has 0 radical (unpaired) electrons. The molecule has 0 amide bonds. The highest BCUT2D eigenvalue weighted by Crippen LogP contribution is 2.51. The number of hydrogen-bond donors (Lipinski definition) is 0. The van der Waals surface area contributed by atoms with Crippen molar-refractivity contribution in [3.05, 3.63) is 58.4 Å². The molecule has 2 fully saturated rings. The van der Waals surface area contributed by atoms with Gasteiger partial charge >= 0.3 is 0 Å². The molecule has 33 heavy (non-hydrogen) atoms. The van der Waals surface area contributed by atoms with E-state index in [0.29, 0.717) is 36.0 Å². The van der Waals surface area contributed by atoms with Gasteiger partial charge in [-0.3, -0.25) is 9.69 Å². The average molecular weight is 463 g/mol. The maximum absolute atomic E-state index is 16.3. The van der Waals surface area contributed by atoms with E-state index < -0.39 is 35.1 Å². The number of methoxy groups -OCH3 is 2. The van der Waals surface area contributed by atoms with Gasteiger partial charge in [-0.05, 0) is 55.9 Å². The number of nitrogens with zero attached hydrogens (tertiary/aromatic N) is 1. The third-order valence-corrected chi connectivity index (χ3v) is 7.55. The highest BCUT2D eigenvalue weighted by atomic mass is 19.2. The number of carbonyl (C=O) groups excluding carboxylic acids is 1. The molecule has 3 aliphatic rings. The Kier molecular flexibility index (Phi) is 5.39. The van der Waals surface area contributed by atoms with Gasteiger partial charge in [0, 0.05) is 41.7 Å². The van der Waals surface area contributed by atoms with Gasteiger partial charge in [-0.1, -0.05) is 0 Å². The summed E-state index contributed by atoms with van der Waals surface area (Å²) in [6, 6.07) is 4.20. The Morgan fingerprint density at radius 3 is 2.42 bits per heavy atom. The van der Waals surface area contributed by atoms with Gasteiger partial charge in [-0.25, -0.2) is 17.6 Å². The van der Waals surface area contributed by atoms with Gasteiger partial charge in [-0.2, -0.15) is 0 Å². The van der Waals surface area contributed by atoms with Crippen LogP contribution >= 0.6 is 0 Å². The number of alkyl halides is 1. The average Bonchev–Trinajstić information content (AvgIpc) is 3.39. The monoisotopic (exact) mass is 463 g/mol. The van der Waals surface area contributed by atoms with E-state index in [1.807, 2.05) is 4.90 Å². The SMILES string of the molecule is COc1cc2c(cc1OC)C(=O)C(CC1(F)CC3CCC1N3Cc1cc(F)c(F)cc1F)C2. The van der Waals surface area contributed by atoms with Crippen molar-refractivity contribution >= 4 is 5.78 Å². The van der Waals surface area contributed by atoms with Gasteiger partial charge in [0.05, 0.1) is 14.2 Å². The third kappa shape index (κ3) is 3.59. The fraction of sp³-hybridized carbons (Fsp3) is 0.480. The second kappa shape index (κ2) is 8.01. The zero-order chi connectivity index (χ0) is 23.5. The van der Waals surface area contributed by atoms with E-state index in [0.717, 1.165) is 18.1 Å². The van der Waals surface area contributed by atoms with Crippen molar-refractivity contribution in [3.8, 4) is 11.5 Å². The molecule has 0 saturated carbocycles. The van der Waals surface area contributed by atoms with Crippen molar-refractivity contribution < 1.29 is 31.8 Å². The van der Waals surface area contributed by atoms with Crippen LogP contribution in [0.25, 0.3) is 0 Å². The minimum Gasteiger partial charge on any atom is -0.493 e. The lowest BCUT2D eigenvalue weighted by Crippen LogP contribution is -2.41. The van der Waals surface area contributed by atoms with Crippen molar-refractivity contribution in [2.75, 3.05) is 14.2 Å². The number of ether oxygens (including phenoxy) is 2. The standard InChI is InChI=1S/C25H25F4NO3/c1-32-21-7-13-5-14(24(31)17(13)8-22(21)33-2)10-25(29)11-16-3-4-23(25)30(16)12-15-6-19(27)20(28)9-18(15)26/h6-9,14,16,23H,3-5,10-12H2,1-2H3. The maximum Gasteiger partial charge on any atom is 0.166 e. The van der Waals surface area contributed by atoms with Gasteiger partial charge in [0.25, 0.3) is 0 Å². The number of Topliss-reactive ketones (excluding diaryl/α,β-unsaturated/α-hetero) is 1. The molecule has 2 bridgehead atoms. The maximum atomic E-state index is 16.3. The zero-order valence-corrected chi connectivity index (χ0v) is 18.5. The summed E-state index contributed by atoms with van der Waals surface area (Å²) in [5.41, 5.74) is -0.243. The molecule has 2 aliphatic heterocycles. The summed E-state index contributed by atoms with van der Waals surface area (Å²) in [6.45, 7) is 0.0112. The fourth-order valence-electron chi connectivity index (χ4n) is 6.05. The minimum atomic E-state index is -1.60. The first-order valence-electron chi connectivity index (χ1n) is 11.1. The molecule has 4 nitrogen and oxygen atoms in total. The molecule has 2 aromatic carbocycles. The van der Waals surface area contributed by atoms with Crippen LogP contribution in [0.15, 0.2) is 24.3 Å². The summed E-state index contributed by atoms with van der Waals surface area (Å²) < 4.78 is 68.1. The van der Waals surface area contributed by atoms with Crippen LogP contribution in [-0.4, -0.2) is 42.7 Å². The highest BCUT2D eigenvalue weighted by Gasteiger charge is 2.58. The molecular formula is C25H25F4NO3. The van der Waals surface area contributed by atoms with E-state index in [1.54, 1.807) is 12.1 Å². The number of carbonyl (C=O) groups is 1. The number of hydrogen-bond acceptors (Lipinski definition) is 4. The Morgan fingerprint density at radius 1 is 1.00 bits per heavy atom. The Morgan fingerprint density at radius 2 is 1.70 bits per heavy atom. The lowest BCUT2D eigenvalue weighted by atomic mass is 9.79. The minimum absolute atomic E-state index is 0.0112. The zero-order valence-electron chi connectivity index (χ0n) is 18.5. The first-order chi connectivity index (χ1) is 15.7. The van der Waals surface area contributed by atoms with Crippen LogP contribution < -0.4 is 9.47 Å². The molecule has 0 aromatic heterocycles. The predicted octanol–water partition coefficient (Wildman–Crippen LogP) is 5.01. The largest absolute Gasteiger partial charge is 0.493 e. The van der Waals surface area contributed by atoms with Crippen molar-refractivity contribution in [1.29, 1.82) is 0 Å². The molecule has 2 aromatic rings. The first-order valence-corrected chi connectivity index (χ1v) is 11.1. The Balaban J connectivity index is 1.35. The summed E-state index contributed by atoms with van der Waals surface area (Å²) in [7, 11) is 3.02. The van der Waals surface area contributed by atoms with Crippen LogP contribution in [0, 0.1) is 23.4 Å². The first kappa shape index (κ1) is 22.2. The number of ketones is 1. The summed E-state index contributed by atoms with van der Waals surface area (Å²) in [5.74, 6) is -2.82. The molecule has 0 N–H and O–H groups in total. The summed E-state index contributed by atoms with van der Waals surface area (Å²) in [6.07, 6.45) is 2.09. The van der Waals surface area contributed by atoms with E-state index in [2.05, 4.69) is 0 Å². The van der Waals surface area contributed by atoms with E-state index in [1.165, 1.54) is 14.2 Å². The molecule has 176 valence electrons. The van der Waals surface area contributed by atoms with Gasteiger partial charge in [0.15, 0.2) is 28.9 Å². The third-order valence-electron chi connectivity index (χ3n) is 7.55. The molecule has 5 rings (SSSR count). The molecular weight excluding hydrogens is 438 g/mol. The van der Waals surface area contributed by atoms with Gasteiger partial charge < -0.3 is 9.47 Å². The lowest BCUT2D eigenvalue weighted by molar-refractivity contribution is 0.0602. The van der Waals surface area contributed by atoms with Crippen molar-refractivity contribution in [1.82, 2.24) is 4.90 Å². The van der Waals surface area contributed by atoms with E-state index in [4.69, 9.17) is 9.47 Å². The topological polar surface area (TPSA) is 38.8 Å². The van der Waals surface area contributed by atoms with Crippen LogP contribution in [0.5, 0.6) is 11.5 Å². The van der Waals surface area contributed by atoms with Gasteiger partial charge in [0.1, 0.15) is 11.5 Å². The second-order valence-electron chi connectivity index (χ2n) is 9.35. The molecule has 4 unspecified atom stereocenters. The number of halogens is 4. The van der Waals surface area contributed by atoms with Crippen LogP contribution in [-0.2, 0) is 13.0 Å². The number of rotatable bonds is 6. The van der Waals surface area contributed by atoms with E-state index in [9.17, 15) is 18.0 Å². The smallest absolute Gasteiger partial charge is 0.166 e. The predicted molar refractivity (Wildman–Crippen MR) is 113 cm³/mol. The van der Waals surface area contributed by atoms with E-state index >= 15 is 4.39 Å². The van der Waals surface area contributed by atoms with Gasteiger partial charge in [-0.15, -0.1) is 0 Å². The normalized spacial score (nSPS) is 28.4. The van der Waals surface area contributed by atoms with E-state index in [-0.39, 0.29) is 36.8 Å². The molecule has 2 heterocycles. The van der Waals surface area contributed by atoms with Crippen LogP contribution in [0.1, 0.15) is 47.2 Å². The molecule has 1 aliphatic carbocycles. The van der Waals surface area contributed by atoms with Gasteiger partial charge in [0.2, 0.25) is 0 Å². The van der Waals surface area contributed by atoms with Crippen molar-refractivity contribution in [2.24, 2.45) is 5.92 Å². The highest BCUT2D eigenvalue weighted by molar-refractivity contribution is 6.03. The Hall–Kier alpha value is -2.61. The summed E-state index contributed by atoms with van der Waals surface area (Å²) in [4.78, 5) is 14.9. The molecule has 0 spiro atoms. The summed E-state index contributed by atoms with van der Waals surface area (Å²) in [5, 5.41) is 0. The molecule has 4 atom stereocenters. The molecule has 2 saturated heterocycles. The molecule has 8 heteroatoms. The Bertz CT molecular complexity index is 1120. The Labute approximate surface area is 189 Å². The second-order valence-corrected chi connectivity index (χ2v) is 9.35. The van der Waals surface area contributed by atoms with Crippen LogP contribution in [0.4, 0.5) is 17.6 Å². The lowest BCUT2D eigenvalue weighted by Gasteiger charge is -2.32. The van der Waals surface area contributed by atoms with Crippen molar-refractivity contribution in [3.63, 3.8) is 0 Å². The fourth-order valence-corrected chi connectivity index (χ4v) is 6.05.